The van der Waals surface area contributed by atoms with E-state index in [-0.39, 0.29) is 36.7 Å². The van der Waals surface area contributed by atoms with Crippen LogP contribution in [0.1, 0.15) is 33.1 Å². The first-order valence-corrected chi connectivity index (χ1v) is 6.19. The Labute approximate surface area is 113 Å². The lowest BCUT2D eigenvalue weighted by Gasteiger charge is -2.37. The molecule has 2 heterocycles. The van der Waals surface area contributed by atoms with Crippen molar-refractivity contribution in [2.24, 2.45) is 5.41 Å². The highest BCUT2D eigenvalue weighted by Gasteiger charge is 2.44. The Morgan fingerprint density at radius 2 is 1.83 bits per heavy atom. The smallest absolute Gasteiger partial charge is 0.262 e. The van der Waals surface area contributed by atoms with Crippen LogP contribution in [0.15, 0.2) is 0 Å². The Bertz CT molecular complexity index is 313. The Balaban J connectivity index is 0.00000162. The van der Waals surface area contributed by atoms with Gasteiger partial charge in [-0.05, 0) is 18.3 Å². The quantitative estimate of drug-likeness (QED) is 0.798. The maximum absolute atomic E-state index is 13.0. The predicted octanol–water partition coefficient (Wildman–Crippen LogP) is 2.05. The monoisotopic (exact) mass is 282 g/mol. The number of amides is 1. The minimum Gasteiger partial charge on any atom is -0.341 e. The third-order valence-corrected chi connectivity index (χ3v) is 3.84. The minimum atomic E-state index is -2.73. The van der Waals surface area contributed by atoms with E-state index in [0.29, 0.717) is 13.1 Å². The van der Waals surface area contributed by atoms with Crippen LogP contribution < -0.4 is 5.32 Å². The van der Waals surface area contributed by atoms with E-state index in [4.69, 9.17) is 0 Å². The van der Waals surface area contributed by atoms with Crippen LogP contribution in [0, 0.1) is 5.41 Å². The molecule has 2 rings (SSSR count). The highest BCUT2D eigenvalue weighted by atomic mass is 35.5. The van der Waals surface area contributed by atoms with Gasteiger partial charge in [-0.3, -0.25) is 10.1 Å². The zero-order valence-corrected chi connectivity index (χ0v) is 11.7. The van der Waals surface area contributed by atoms with Gasteiger partial charge in [0.05, 0.1) is 12.6 Å². The van der Waals surface area contributed by atoms with Crippen molar-refractivity contribution < 1.29 is 13.6 Å². The Kier molecular flexibility index (Phi) is 4.60. The molecule has 1 amide bonds. The number of halogens is 3. The second-order valence-electron chi connectivity index (χ2n) is 5.98. The van der Waals surface area contributed by atoms with Gasteiger partial charge in [-0.15, -0.1) is 12.4 Å². The normalized spacial score (nSPS) is 29.8. The average Bonchev–Trinajstić information content (AvgIpc) is 2.58. The van der Waals surface area contributed by atoms with Crippen LogP contribution in [0.3, 0.4) is 0 Å². The number of carbonyl (C=O) groups excluding carboxylic acids is 1. The Morgan fingerprint density at radius 3 is 2.28 bits per heavy atom. The molecule has 6 heteroatoms. The molecule has 2 saturated heterocycles. The molecule has 3 nitrogen and oxygen atoms in total. The van der Waals surface area contributed by atoms with Gasteiger partial charge in [-0.25, -0.2) is 8.78 Å². The second kappa shape index (κ2) is 5.29. The maximum atomic E-state index is 13.0. The van der Waals surface area contributed by atoms with E-state index in [1.807, 2.05) is 0 Å². The number of hydrogen-bond donors (Lipinski definition) is 1. The van der Waals surface area contributed by atoms with Crippen LogP contribution in [0.2, 0.25) is 0 Å². The van der Waals surface area contributed by atoms with Gasteiger partial charge in [0.2, 0.25) is 5.91 Å². The average molecular weight is 283 g/mol. The predicted molar refractivity (Wildman–Crippen MR) is 68.2 cm³/mol. The highest BCUT2D eigenvalue weighted by Crippen LogP contribution is 2.31. The van der Waals surface area contributed by atoms with Crippen LogP contribution in [0.5, 0.6) is 0 Å². The second-order valence-corrected chi connectivity index (χ2v) is 5.98. The fourth-order valence-electron chi connectivity index (χ4n) is 2.44. The first kappa shape index (κ1) is 15.6. The van der Waals surface area contributed by atoms with E-state index in [1.54, 1.807) is 4.90 Å². The lowest BCUT2D eigenvalue weighted by Crippen LogP contribution is -2.48. The highest BCUT2D eigenvalue weighted by molar-refractivity contribution is 5.85. The molecule has 1 atom stereocenters. The van der Waals surface area contributed by atoms with Crippen molar-refractivity contribution in [3.8, 4) is 0 Å². The zero-order valence-electron chi connectivity index (χ0n) is 10.8. The fourth-order valence-corrected chi connectivity index (χ4v) is 2.44. The molecular weight excluding hydrogens is 262 g/mol. The molecule has 18 heavy (non-hydrogen) atoms. The standard InChI is InChI=1S/C12H20F2N2O.ClH/c1-11(2)3-5-16(6-4-11)10(17)9-7-12(13,14)8-15-9;/h9,15H,3-8H2,1-2H3;1H. The molecule has 0 aromatic rings. The van der Waals surface area contributed by atoms with Gasteiger partial charge in [0.25, 0.3) is 5.92 Å². The third kappa shape index (κ3) is 3.54. The molecule has 2 aliphatic heterocycles. The van der Waals surface area contributed by atoms with Crippen molar-refractivity contribution in [3.63, 3.8) is 0 Å². The van der Waals surface area contributed by atoms with Crippen molar-refractivity contribution in [1.29, 1.82) is 0 Å². The molecule has 0 saturated carbocycles. The summed E-state index contributed by atoms with van der Waals surface area (Å²) in [4.78, 5) is 13.8. The van der Waals surface area contributed by atoms with Gasteiger partial charge in [0.15, 0.2) is 0 Å². The fraction of sp³-hybridized carbons (Fsp3) is 0.917. The number of likely N-dealkylation sites (tertiary alicyclic amines) is 1. The van der Waals surface area contributed by atoms with E-state index < -0.39 is 12.0 Å². The molecule has 2 aliphatic rings. The minimum absolute atomic E-state index is 0. The summed E-state index contributed by atoms with van der Waals surface area (Å²) in [6, 6.07) is -0.689. The molecule has 0 aromatic heterocycles. The first-order valence-electron chi connectivity index (χ1n) is 6.19. The molecule has 1 unspecified atom stereocenters. The summed E-state index contributed by atoms with van der Waals surface area (Å²) in [6.07, 6.45) is 1.54. The summed E-state index contributed by atoms with van der Waals surface area (Å²) < 4.78 is 26.0. The van der Waals surface area contributed by atoms with Gasteiger partial charge < -0.3 is 4.90 Å². The third-order valence-electron chi connectivity index (χ3n) is 3.84. The molecule has 0 bridgehead atoms. The molecule has 2 fully saturated rings. The molecule has 1 N–H and O–H groups in total. The maximum Gasteiger partial charge on any atom is 0.262 e. The zero-order chi connectivity index (χ0) is 12.7. The van der Waals surface area contributed by atoms with Crippen LogP contribution in [0.25, 0.3) is 0 Å². The van der Waals surface area contributed by atoms with Crippen LogP contribution >= 0.6 is 12.4 Å². The van der Waals surface area contributed by atoms with Gasteiger partial charge in [0.1, 0.15) is 0 Å². The summed E-state index contributed by atoms with van der Waals surface area (Å²) in [6.45, 7) is 5.36. The van der Waals surface area contributed by atoms with Gasteiger partial charge in [-0.2, -0.15) is 0 Å². The van der Waals surface area contributed by atoms with Crippen molar-refractivity contribution >= 4 is 18.3 Å². The van der Waals surface area contributed by atoms with E-state index in [0.717, 1.165) is 12.8 Å². The van der Waals surface area contributed by atoms with Gasteiger partial charge in [0, 0.05) is 19.5 Å². The summed E-state index contributed by atoms with van der Waals surface area (Å²) in [5, 5.41) is 2.62. The molecule has 0 radical (unpaired) electrons. The number of alkyl halides is 2. The van der Waals surface area contributed by atoms with Gasteiger partial charge >= 0.3 is 0 Å². The number of nitrogens with one attached hydrogen (secondary N) is 1. The summed E-state index contributed by atoms with van der Waals surface area (Å²) >= 11 is 0. The lowest BCUT2D eigenvalue weighted by molar-refractivity contribution is -0.135. The van der Waals surface area contributed by atoms with Crippen LogP contribution in [-0.2, 0) is 4.79 Å². The van der Waals surface area contributed by atoms with Crippen molar-refractivity contribution in [2.75, 3.05) is 19.6 Å². The summed E-state index contributed by atoms with van der Waals surface area (Å²) in [5.74, 6) is -2.88. The van der Waals surface area contributed by atoms with E-state index in [1.165, 1.54) is 0 Å². The SMILES string of the molecule is CC1(C)CCN(C(=O)C2CC(F)(F)CN2)CC1.Cl. The molecule has 0 aromatic carbocycles. The first-order chi connectivity index (χ1) is 7.79. The summed E-state index contributed by atoms with van der Waals surface area (Å²) in [7, 11) is 0. The molecule has 0 aliphatic carbocycles. The lowest BCUT2D eigenvalue weighted by atomic mass is 9.82. The number of piperidine rings is 1. The van der Waals surface area contributed by atoms with E-state index in [2.05, 4.69) is 19.2 Å². The topological polar surface area (TPSA) is 32.3 Å². The van der Waals surface area contributed by atoms with Crippen molar-refractivity contribution in [2.45, 2.75) is 45.1 Å². The van der Waals surface area contributed by atoms with Crippen molar-refractivity contribution in [3.05, 3.63) is 0 Å². The van der Waals surface area contributed by atoms with Crippen molar-refractivity contribution in [1.82, 2.24) is 10.2 Å². The Morgan fingerprint density at radius 1 is 1.28 bits per heavy atom. The summed E-state index contributed by atoms with van der Waals surface area (Å²) in [5.41, 5.74) is 0.268. The van der Waals surface area contributed by atoms with E-state index >= 15 is 0 Å². The number of nitrogens with zero attached hydrogens (tertiary/aromatic N) is 1. The van der Waals surface area contributed by atoms with Crippen LogP contribution in [0.4, 0.5) is 8.78 Å². The number of carbonyl (C=O) groups is 1. The Hall–Kier alpha value is -0.420. The molecular formula is C12H21ClF2N2O. The molecule has 0 spiro atoms. The molecule has 106 valence electrons. The largest absolute Gasteiger partial charge is 0.341 e. The number of hydrogen-bond acceptors (Lipinski definition) is 2. The van der Waals surface area contributed by atoms with E-state index in [9.17, 15) is 13.6 Å². The number of rotatable bonds is 1. The van der Waals surface area contributed by atoms with Crippen LogP contribution in [-0.4, -0.2) is 42.4 Å². The van der Waals surface area contributed by atoms with Gasteiger partial charge in [-0.1, -0.05) is 13.8 Å².